The second-order valence-corrected chi connectivity index (χ2v) is 5.72. The van der Waals surface area contributed by atoms with Crippen LogP contribution in [0.15, 0.2) is 21.5 Å². The fourth-order valence-corrected chi connectivity index (χ4v) is 3.11. The summed E-state index contributed by atoms with van der Waals surface area (Å²) < 4.78 is 2.87. The molecule has 0 aliphatic heterocycles. The van der Waals surface area contributed by atoms with Crippen molar-refractivity contribution < 1.29 is 0 Å². The molecule has 0 spiro atoms. The number of aromatic nitrogens is 1. The molecular formula is C13H18BrNO. The first-order valence-electron chi connectivity index (χ1n) is 6.03. The highest BCUT2D eigenvalue weighted by atomic mass is 79.9. The lowest BCUT2D eigenvalue weighted by Crippen LogP contribution is -2.26. The molecule has 1 heterocycles. The van der Waals surface area contributed by atoms with Gasteiger partial charge in [0.1, 0.15) is 0 Å². The van der Waals surface area contributed by atoms with Crippen molar-refractivity contribution in [2.75, 3.05) is 0 Å². The number of pyridine rings is 1. The largest absolute Gasteiger partial charge is 0.314 e. The fraction of sp³-hybridized carbons (Fsp3) is 0.615. The Morgan fingerprint density at radius 1 is 1.38 bits per heavy atom. The van der Waals surface area contributed by atoms with E-state index in [1.165, 1.54) is 32.1 Å². The minimum Gasteiger partial charge on any atom is -0.314 e. The van der Waals surface area contributed by atoms with Crippen LogP contribution in [0, 0.1) is 12.8 Å². The van der Waals surface area contributed by atoms with Crippen LogP contribution in [0.3, 0.4) is 0 Å². The lowest BCUT2D eigenvalue weighted by Gasteiger charge is -2.22. The molecule has 0 amide bonds. The van der Waals surface area contributed by atoms with Crippen LogP contribution in [0.4, 0.5) is 0 Å². The molecule has 0 radical (unpaired) electrons. The minimum absolute atomic E-state index is 0.161. The highest BCUT2D eigenvalue weighted by Crippen LogP contribution is 2.24. The monoisotopic (exact) mass is 283 g/mol. The Bertz CT molecular complexity index is 418. The van der Waals surface area contributed by atoms with E-state index in [-0.39, 0.29) is 5.56 Å². The first kappa shape index (κ1) is 11.9. The molecule has 0 unspecified atom stereocenters. The Morgan fingerprint density at radius 2 is 2.06 bits per heavy atom. The number of halogens is 1. The van der Waals surface area contributed by atoms with Crippen LogP contribution >= 0.6 is 15.9 Å². The molecule has 0 atom stereocenters. The van der Waals surface area contributed by atoms with E-state index < -0.39 is 0 Å². The Hall–Kier alpha value is -0.570. The second kappa shape index (κ2) is 5.17. The molecule has 0 saturated heterocycles. The van der Waals surface area contributed by atoms with E-state index in [2.05, 4.69) is 15.9 Å². The van der Waals surface area contributed by atoms with Crippen molar-refractivity contribution in [3.8, 4) is 0 Å². The van der Waals surface area contributed by atoms with E-state index >= 15 is 0 Å². The van der Waals surface area contributed by atoms with Crippen molar-refractivity contribution in [3.63, 3.8) is 0 Å². The van der Waals surface area contributed by atoms with Crippen molar-refractivity contribution in [1.82, 2.24) is 4.57 Å². The molecule has 1 aromatic heterocycles. The van der Waals surface area contributed by atoms with Gasteiger partial charge in [0.25, 0.3) is 5.56 Å². The molecule has 0 bridgehead atoms. The lowest BCUT2D eigenvalue weighted by molar-refractivity contribution is 0.315. The van der Waals surface area contributed by atoms with Crippen LogP contribution in [0.25, 0.3) is 0 Å². The predicted octanol–water partition coefficient (Wildman–Crippen LogP) is 3.50. The quantitative estimate of drug-likeness (QED) is 0.814. The molecule has 2 nitrogen and oxygen atoms in total. The zero-order chi connectivity index (χ0) is 11.5. The van der Waals surface area contributed by atoms with E-state index in [9.17, 15) is 4.79 Å². The van der Waals surface area contributed by atoms with Gasteiger partial charge in [-0.25, -0.2) is 0 Å². The van der Waals surface area contributed by atoms with E-state index in [0.29, 0.717) is 5.92 Å². The average molecular weight is 284 g/mol. The Labute approximate surface area is 105 Å². The minimum atomic E-state index is 0.161. The maximum atomic E-state index is 11.9. The summed E-state index contributed by atoms with van der Waals surface area (Å²) in [4.78, 5) is 11.9. The summed E-state index contributed by atoms with van der Waals surface area (Å²) >= 11 is 3.45. The molecule has 0 N–H and O–H groups in total. The summed E-state index contributed by atoms with van der Waals surface area (Å²) in [6.07, 6.45) is 8.49. The van der Waals surface area contributed by atoms with Gasteiger partial charge >= 0.3 is 0 Å². The number of hydrogen-bond donors (Lipinski definition) is 0. The SMILES string of the molecule is Cc1cc(Br)cn(CC2CCCCC2)c1=O. The van der Waals surface area contributed by atoms with Crippen molar-refractivity contribution in [2.45, 2.75) is 45.6 Å². The van der Waals surface area contributed by atoms with Crippen molar-refractivity contribution in [3.05, 3.63) is 32.7 Å². The van der Waals surface area contributed by atoms with Gasteiger partial charge in [-0.2, -0.15) is 0 Å². The molecule has 1 aliphatic carbocycles. The van der Waals surface area contributed by atoms with Crippen molar-refractivity contribution in [1.29, 1.82) is 0 Å². The highest BCUT2D eigenvalue weighted by molar-refractivity contribution is 9.10. The number of rotatable bonds is 2. The van der Waals surface area contributed by atoms with Crippen LogP contribution in [0.5, 0.6) is 0 Å². The molecule has 1 saturated carbocycles. The van der Waals surface area contributed by atoms with Gasteiger partial charge in [0.2, 0.25) is 0 Å². The van der Waals surface area contributed by atoms with Gasteiger partial charge in [-0.05, 0) is 47.7 Å². The van der Waals surface area contributed by atoms with Crippen molar-refractivity contribution >= 4 is 15.9 Å². The summed E-state index contributed by atoms with van der Waals surface area (Å²) in [7, 11) is 0. The summed E-state index contributed by atoms with van der Waals surface area (Å²) in [6, 6.07) is 1.89. The summed E-state index contributed by atoms with van der Waals surface area (Å²) in [5, 5.41) is 0. The van der Waals surface area contributed by atoms with Gasteiger partial charge in [0, 0.05) is 22.8 Å². The summed E-state index contributed by atoms with van der Waals surface area (Å²) in [5.74, 6) is 0.695. The normalized spacial score (nSPS) is 17.6. The summed E-state index contributed by atoms with van der Waals surface area (Å²) in [5.41, 5.74) is 0.985. The second-order valence-electron chi connectivity index (χ2n) is 4.80. The smallest absolute Gasteiger partial charge is 0.253 e. The molecule has 1 fully saturated rings. The van der Waals surface area contributed by atoms with E-state index in [1.807, 2.05) is 23.8 Å². The fourth-order valence-electron chi connectivity index (χ4n) is 2.52. The zero-order valence-corrected chi connectivity index (χ0v) is 11.3. The Balaban J connectivity index is 2.17. The van der Waals surface area contributed by atoms with E-state index in [1.54, 1.807) is 0 Å². The maximum absolute atomic E-state index is 11.9. The van der Waals surface area contributed by atoms with E-state index in [0.717, 1.165) is 16.6 Å². The van der Waals surface area contributed by atoms with Crippen LogP contribution in [-0.2, 0) is 6.54 Å². The van der Waals surface area contributed by atoms with E-state index in [4.69, 9.17) is 0 Å². The molecule has 3 heteroatoms. The van der Waals surface area contributed by atoms with Crippen LogP contribution in [-0.4, -0.2) is 4.57 Å². The number of aryl methyl sites for hydroxylation is 1. The number of nitrogens with zero attached hydrogens (tertiary/aromatic N) is 1. The van der Waals surface area contributed by atoms with Gasteiger partial charge < -0.3 is 4.57 Å². The molecule has 0 aromatic carbocycles. The predicted molar refractivity (Wildman–Crippen MR) is 69.7 cm³/mol. The topological polar surface area (TPSA) is 22.0 Å². The molecule has 2 rings (SSSR count). The van der Waals surface area contributed by atoms with Crippen LogP contribution in [0.2, 0.25) is 0 Å². The van der Waals surface area contributed by atoms with Gasteiger partial charge in [-0.1, -0.05) is 19.3 Å². The molecule has 1 aromatic rings. The third-order valence-corrected chi connectivity index (χ3v) is 3.85. The molecule has 88 valence electrons. The Morgan fingerprint density at radius 3 is 2.75 bits per heavy atom. The summed E-state index contributed by atoms with van der Waals surface area (Å²) in [6.45, 7) is 2.77. The first-order chi connectivity index (χ1) is 7.66. The van der Waals surface area contributed by atoms with Gasteiger partial charge in [-0.3, -0.25) is 4.79 Å². The van der Waals surface area contributed by atoms with Gasteiger partial charge in [0.15, 0.2) is 0 Å². The Kier molecular flexibility index (Phi) is 3.85. The molecule has 1 aliphatic rings. The number of hydrogen-bond acceptors (Lipinski definition) is 1. The van der Waals surface area contributed by atoms with Gasteiger partial charge in [-0.15, -0.1) is 0 Å². The lowest BCUT2D eigenvalue weighted by atomic mass is 9.89. The van der Waals surface area contributed by atoms with Crippen LogP contribution < -0.4 is 5.56 Å². The first-order valence-corrected chi connectivity index (χ1v) is 6.82. The molecule has 16 heavy (non-hydrogen) atoms. The zero-order valence-electron chi connectivity index (χ0n) is 9.71. The molecular weight excluding hydrogens is 266 g/mol. The van der Waals surface area contributed by atoms with Crippen LogP contribution in [0.1, 0.15) is 37.7 Å². The highest BCUT2D eigenvalue weighted by Gasteiger charge is 2.14. The average Bonchev–Trinajstić information content (AvgIpc) is 2.27. The third-order valence-electron chi connectivity index (χ3n) is 3.41. The maximum Gasteiger partial charge on any atom is 0.253 e. The standard InChI is InChI=1S/C13H18BrNO/c1-10-7-12(14)9-15(13(10)16)8-11-5-3-2-4-6-11/h7,9,11H,2-6,8H2,1H3. The van der Waals surface area contributed by atoms with Gasteiger partial charge in [0.05, 0.1) is 0 Å². The third kappa shape index (κ3) is 2.76. The van der Waals surface area contributed by atoms with Crippen molar-refractivity contribution in [2.24, 2.45) is 5.92 Å².